The number of carbonyl (C=O) groups excluding carboxylic acids is 1. The number of aliphatic hydroxyl groups is 1. The minimum Gasteiger partial charge on any atom is -0.465 e. The van der Waals surface area contributed by atoms with Crippen LogP contribution in [0.1, 0.15) is 15.9 Å². The van der Waals surface area contributed by atoms with Crippen molar-refractivity contribution in [3.8, 4) is 11.6 Å². The topological polar surface area (TPSA) is 94.7 Å². The highest BCUT2D eigenvalue weighted by Gasteiger charge is 2.12. The van der Waals surface area contributed by atoms with Crippen molar-refractivity contribution in [3.63, 3.8) is 0 Å². The first kappa shape index (κ1) is 13.8. The largest absolute Gasteiger partial charge is 0.465 e. The molecule has 0 spiro atoms. The van der Waals surface area contributed by atoms with E-state index in [1.807, 2.05) is 0 Å². The summed E-state index contributed by atoms with van der Waals surface area (Å²) in [6.45, 7) is -0.0836. The van der Waals surface area contributed by atoms with Crippen LogP contribution in [0.3, 0.4) is 0 Å². The van der Waals surface area contributed by atoms with Crippen molar-refractivity contribution in [2.75, 3.05) is 12.8 Å². The lowest BCUT2D eigenvalue weighted by Gasteiger charge is -2.08. The lowest BCUT2D eigenvalue weighted by Crippen LogP contribution is -2.06. The number of hydrogen-bond donors (Lipinski definition) is 2. The molecule has 0 radical (unpaired) electrons. The van der Waals surface area contributed by atoms with Crippen LogP contribution in [0, 0.1) is 0 Å². The summed E-state index contributed by atoms with van der Waals surface area (Å²) in [4.78, 5) is 15.5. The monoisotopic (exact) mass is 274 g/mol. The molecule has 0 saturated heterocycles. The van der Waals surface area contributed by atoms with Gasteiger partial charge in [-0.3, -0.25) is 0 Å². The molecule has 6 heteroatoms. The van der Waals surface area contributed by atoms with Gasteiger partial charge in [0.05, 0.1) is 31.2 Å². The molecule has 0 aliphatic heterocycles. The minimum atomic E-state index is -0.557. The van der Waals surface area contributed by atoms with Crippen LogP contribution < -0.4 is 10.5 Å². The van der Waals surface area contributed by atoms with E-state index in [0.29, 0.717) is 11.3 Å². The van der Waals surface area contributed by atoms with Crippen LogP contribution in [0.5, 0.6) is 11.6 Å². The van der Waals surface area contributed by atoms with Gasteiger partial charge in [-0.05, 0) is 17.7 Å². The Kier molecular flexibility index (Phi) is 4.17. The summed E-state index contributed by atoms with van der Waals surface area (Å²) in [5.74, 6) is 0.165. The maximum absolute atomic E-state index is 11.5. The number of nitrogens with zero attached hydrogens (tertiary/aromatic N) is 1. The highest BCUT2D eigenvalue weighted by Crippen LogP contribution is 2.23. The molecule has 1 heterocycles. The summed E-state index contributed by atoms with van der Waals surface area (Å²) in [5.41, 5.74) is 6.77. The molecule has 1 aromatic carbocycles. The number of methoxy groups -OCH3 is 1. The molecule has 2 aromatic rings. The van der Waals surface area contributed by atoms with Gasteiger partial charge in [0.25, 0.3) is 0 Å². The Morgan fingerprint density at radius 2 is 2.20 bits per heavy atom. The summed E-state index contributed by atoms with van der Waals surface area (Å²) in [5, 5.41) is 9.06. The maximum atomic E-state index is 11.5. The third kappa shape index (κ3) is 3.04. The fraction of sp³-hybridized carbons (Fsp3) is 0.143. The van der Waals surface area contributed by atoms with Crippen molar-refractivity contribution in [3.05, 3.63) is 47.7 Å². The van der Waals surface area contributed by atoms with E-state index >= 15 is 0 Å². The van der Waals surface area contributed by atoms with Gasteiger partial charge in [0.1, 0.15) is 5.75 Å². The molecular formula is C14H14N2O4. The Hall–Kier alpha value is -2.60. The number of rotatable bonds is 4. The molecular weight excluding hydrogens is 260 g/mol. The second kappa shape index (κ2) is 6.03. The number of carbonyl (C=O) groups is 1. The number of hydrogen-bond acceptors (Lipinski definition) is 6. The van der Waals surface area contributed by atoms with E-state index in [-0.39, 0.29) is 23.7 Å². The van der Waals surface area contributed by atoms with Gasteiger partial charge in [0.15, 0.2) is 0 Å². The van der Waals surface area contributed by atoms with E-state index in [4.69, 9.17) is 15.6 Å². The molecule has 0 aliphatic carbocycles. The highest BCUT2D eigenvalue weighted by atomic mass is 16.5. The van der Waals surface area contributed by atoms with Crippen LogP contribution in [0.25, 0.3) is 0 Å². The molecule has 20 heavy (non-hydrogen) atoms. The molecule has 6 nitrogen and oxygen atoms in total. The van der Waals surface area contributed by atoms with Gasteiger partial charge in [-0.1, -0.05) is 12.1 Å². The Balaban J connectivity index is 2.27. The van der Waals surface area contributed by atoms with Gasteiger partial charge in [-0.2, -0.15) is 0 Å². The number of pyridine rings is 1. The number of nitrogen functional groups attached to an aromatic ring is 1. The van der Waals surface area contributed by atoms with Gasteiger partial charge < -0.3 is 20.3 Å². The van der Waals surface area contributed by atoms with E-state index < -0.39 is 5.97 Å². The van der Waals surface area contributed by atoms with Crippen LogP contribution >= 0.6 is 0 Å². The first-order valence-electron chi connectivity index (χ1n) is 5.85. The second-order valence-corrected chi connectivity index (χ2v) is 4.01. The van der Waals surface area contributed by atoms with E-state index in [1.165, 1.54) is 19.4 Å². The molecule has 0 aliphatic rings. The van der Waals surface area contributed by atoms with Gasteiger partial charge >= 0.3 is 5.97 Å². The van der Waals surface area contributed by atoms with Crippen LogP contribution in [0.15, 0.2) is 36.5 Å². The SMILES string of the molecule is COC(=O)c1cc(Oc2cccc(CO)c2)ncc1N. The van der Waals surface area contributed by atoms with E-state index in [2.05, 4.69) is 9.72 Å². The van der Waals surface area contributed by atoms with Crippen molar-refractivity contribution < 1.29 is 19.4 Å². The molecule has 0 fully saturated rings. The van der Waals surface area contributed by atoms with Crippen LogP contribution in [-0.4, -0.2) is 23.2 Å². The quantitative estimate of drug-likeness (QED) is 0.824. The Morgan fingerprint density at radius 1 is 1.40 bits per heavy atom. The summed E-state index contributed by atoms with van der Waals surface area (Å²) < 4.78 is 10.1. The molecule has 2 rings (SSSR count). The van der Waals surface area contributed by atoms with Gasteiger partial charge in [-0.15, -0.1) is 0 Å². The zero-order chi connectivity index (χ0) is 14.5. The Bertz CT molecular complexity index is 628. The number of esters is 1. The highest BCUT2D eigenvalue weighted by molar-refractivity contribution is 5.95. The third-order valence-corrected chi connectivity index (χ3v) is 2.62. The molecule has 0 unspecified atom stereocenters. The first-order valence-corrected chi connectivity index (χ1v) is 5.85. The third-order valence-electron chi connectivity index (χ3n) is 2.62. The molecule has 1 aromatic heterocycles. The zero-order valence-corrected chi connectivity index (χ0v) is 10.9. The lowest BCUT2D eigenvalue weighted by atomic mass is 10.2. The van der Waals surface area contributed by atoms with E-state index in [0.717, 1.165) is 0 Å². The van der Waals surface area contributed by atoms with Crippen LogP contribution in [-0.2, 0) is 11.3 Å². The smallest absolute Gasteiger partial charge is 0.340 e. The predicted octanol–water partition coefficient (Wildman–Crippen LogP) is 1.73. The fourth-order valence-corrected chi connectivity index (χ4v) is 1.62. The van der Waals surface area contributed by atoms with Crippen molar-refractivity contribution in [2.24, 2.45) is 0 Å². The number of anilines is 1. The average molecular weight is 274 g/mol. The molecule has 0 amide bonds. The number of aliphatic hydroxyl groups excluding tert-OH is 1. The van der Waals surface area contributed by atoms with E-state index in [9.17, 15) is 4.79 Å². The first-order chi connectivity index (χ1) is 9.63. The summed E-state index contributed by atoms with van der Waals surface area (Å²) in [6, 6.07) is 8.32. The molecule has 0 atom stereocenters. The van der Waals surface area contributed by atoms with Gasteiger partial charge in [-0.25, -0.2) is 9.78 Å². The van der Waals surface area contributed by atoms with Gasteiger partial charge in [0, 0.05) is 6.07 Å². The predicted molar refractivity (Wildman–Crippen MR) is 72.4 cm³/mol. The standard InChI is InChI=1S/C14H14N2O4/c1-19-14(18)11-6-13(16-7-12(11)15)20-10-4-2-3-9(5-10)8-17/h2-7,17H,8,15H2,1H3. The number of nitrogens with two attached hydrogens (primary N) is 1. The van der Waals surface area contributed by atoms with Crippen LogP contribution in [0.4, 0.5) is 5.69 Å². The maximum Gasteiger partial charge on any atom is 0.340 e. The molecule has 3 N–H and O–H groups in total. The van der Waals surface area contributed by atoms with Gasteiger partial charge in [0.2, 0.25) is 5.88 Å². The normalized spacial score (nSPS) is 10.1. The summed E-state index contributed by atoms with van der Waals surface area (Å²) >= 11 is 0. The fourth-order valence-electron chi connectivity index (χ4n) is 1.62. The van der Waals surface area contributed by atoms with Crippen molar-refractivity contribution in [1.29, 1.82) is 0 Å². The Morgan fingerprint density at radius 3 is 2.90 bits per heavy atom. The zero-order valence-electron chi connectivity index (χ0n) is 10.9. The lowest BCUT2D eigenvalue weighted by molar-refractivity contribution is 0.0601. The average Bonchev–Trinajstić information content (AvgIpc) is 2.48. The molecule has 0 bridgehead atoms. The second-order valence-electron chi connectivity index (χ2n) is 4.01. The Labute approximate surface area is 115 Å². The van der Waals surface area contributed by atoms with Crippen molar-refractivity contribution in [1.82, 2.24) is 4.98 Å². The summed E-state index contributed by atoms with van der Waals surface area (Å²) in [7, 11) is 1.27. The van der Waals surface area contributed by atoms with Crippen molar-refractivity contribution >= 4 is 11.7 Å². The number of benzene rings is 1. The number of ether oxygens (including phenoxy) is 2. The van der Waals surface area contributed by atoms with Crippen molar-refractivity contribution in [2.45, 2.75) is 6.61 Å². The van der Waals surface area contributed by atoms with E-state index in [1.54, 1.807) is 24.3 Å². The van der Waals surface area contributed by atoms with Crippen LogP contribution in [0.2, 0.25) is 0 Å². The number of aromatic nitrogens is 1. The molecule has 0 saturated carbocycles. The summed E-state index contributed by atoms with van der Waals surface area (Å²) in [6.07, 6.45) is 1.33. The minimum absolute atomic E-state index is 0.0836. The molecule has 104 valence electrons.